The van der Waals surface area contributed by atoms with Crippen LogP contribution in [-0.4, -0.2) is 41.4 Å². The molecule has 2 aliphatic rings. The largest absolute Gasteiger partial charge is 0.465 e. The molecule has 0 saturated heterocycles. The van der Waals surface area contributed by atoms with Gasteiger partial charge in [-0.25, -0.2) is 14.0 Å². The van der Waals surface area contributed by atoms with Gasteiger partial charge in [-0.2, -0.15) is 0 Å². The van der Waals surface area contributed by atoms with Crippen LogP contribution in [0.4, 0.5) is 20.7 Å². The number of amides is 1. The predicted molar refractivity (Wildman–Crippen MR) is 155 cm³/mol. The monoisotopic (exact) mass is 651 g/mol. The Morgan fingerprint density at radius 3 is 2.28 bits per heavy atom. The molecule has 208 valence electrons. The van der Waals surface area contributed by atoms with Gasteiger partial charge >= 0.3 is 11.8 Å². The Bertz CT molecular complexity index is 1690. The van der Waals surface area contributed by atoms with E-state index in [-0.39, 0.29) is 40.1 Å². The van der Waals surface area contributed by atoms with Crippen LogP contribution in [0, 0.1) is 16.3 Å². The van der Waals surface area contributed by atoms with Crippen molar-refractivity contribution in [2.45, 2.75) is 77.0 Å². The second-order valence-electron chi connectivity index (χ2n) is 11.5. The number of hydrogen-bond donors (Lipinski definition) is 2. The molecule has 2 saturated carbocycles. The maximum Gasteiger partial charge on any atom is 0.407 e. The fraction of sp³-hybridized carbons (Fsp3) is 0.481. The van der Waals surface area contributed by atoms with Gasteiger partial charge in [-0.15, -0.1) is 0 Å². The van der Waals surface area contributed by atoms with Crippen LogP contribution in [0.3, 0.4) is 0 Å². The van der Waals surface area contributed by atoms with Crippen molar-refractivity contribution in [3.63, 3.8) is 0 Å². The lowest BCUT2D eigenvalue weighted by Gasteiger charge is -2.48. The molecule has 0 aliphatic heterocycles. The highest BCUT2D eigenvalue weighted by atomic mass is 127. The number of benzene rings is 1. The Kier molecular flexibility index (Phi) is 6.67. The van der Waals surface area contributed by atoms with Gasteiger partial charge in [0.05, 0.1) is 11.2 Å². The number of halogens is 2. The number of carboxylic acid groups (broad SMARTS) is 1. The average molecular weight is 651 g/mol. The second-order valence-corrected chi connectivity index (χ2v) is 12.7. The number of rotatable bonds is 5. The second kappa shape index (κ2) is 9.49. The first-order chi connectivity index (χ1) is 18.2. The van der Waals surface area contributed by atoms with Gasteiger partial charge in [0.15, 0.2) is 0 Å². The Balaban J connectivity index is 1.74. The van der Waals surface area contributed by atoms with E-state index < -0.39 is 40.3 Å². The lowest BCUT2D eigenvalue weighted by Crippen LogP contribution is -2.57. The molecule has 2 heterocycles. The molecular formula is C27H31FIN5O5. The van der Waals surface area contributed by atoms with Gasteiger partial charge in [0.2, 0.25) is 0 Å². The predicted octanol–water partition coefficient (Wildman–Crippen LogP) is 4.47. The van der Waals surface area contributed by atoms with E-state index in [4.69, 9.17) is 0 Å². The Labute approximate surface area is 237 Å². The van der Waals surface area contributed by atoms with Gasteiger partial charge in [-0.05, 0) is 94.2 Å². The molecule has 10 nitrogen and oxygen atoms in total. The number of nitrogens with one attached hydrogen (secondary N) is 1. The van der Waals surface area contributed by atoms with Crippen molar-refractivity contribution >= 4 is 51.1 Å². The highest BCUT2D eigenvalue weighted by Crippen LogP contribution is 2.41. The van der Waals surface area contributed by atoms with E-state index >= 15 is 0 Å². The molecule has 1 aromatic carbocycles. The van der Waals surface area contributed by atoms with E-state index in [1.54, 1.807) is 13.0 Å². The van der Waals surface area contributed by atoms with Gasteiger partial charge < -0.3 is 15.3 Å². The van der Waals surface area contributed by atoms with E-state index in [1.807, 2.05) is 43.4 Å². The zero-order chi connectivity index (χ0) is 28.5. The minimum absolute atomic E-state index is 0.0941. The summed E-state index contributed by atoms with van der Waals surface area (Å²) in [7, 11) is 1.51. The summed E-state index contributed by atoms with van der Waals surface area (Å²) in [5.41, 5.74) is -1.56. The van der Waals surface area contributed by atoms with E-state index in [9.17, 15) is 28.7 Å². The normalized spacial score (nSPS) is 19.2. The number of fused-ring (bicyclic) bond motifs is 1. The first-order valence-corrected chi connectivity index (χ1v) is 13.9. The average Bonchev–Trinajstić information content (AvgIpc) is 3.63. The fourth-order valence-electron chi connectivity index (χ4n) is 5.67. The van der Waals surface area contributed by atoms with Gasteiger partial charge in [0.25, 0.3) is 11.1 Å². The van der Waals surface area contributed by atoms with Gasteiger partial charge in [0.1, 0.15) is 17.0 Å². The molecule has 2 aromatic heterocycles. The molecule has 39 heavy (non-hydrogen) atoms. The number of anilines is 2. The number of hydrogen-bond acceptors (Lipinski definition) is 5. The molecule has 0 spiro atoms. The summed E-state index contributed by atoms with van der Waals surface area (Å²) in [4.78, 5) is 54.5. The highest BCUT2D eigenvalue weighted by Gasteiger charge is 2.44. The molecule has 12 heteroatoms. The minimum atomic E-state index is -1.04. The van der Waals surface area contributed by atoms with Crippen LogP contribution in [0.1, 0.15) is 64.1 Å². The van der Waals surface area contributed by atoms with Crippen LogP contribution in [0.2, 0.25) is 0 Å². The maximum absolute atomic E-state index is 14.8. The Morgan fingerprint density at radius 1 is 1.10 bits per heavy atom. The topological polar surface area (TPSA) is 119 Å². The number of aromatic nitrogens is 3. The van der Waals surface area contributed by atoms with Crippen LogP contribution in [0.25, 0.3) is 10.9 Å². The lowest BCUT2D eigenvalue weighted by molar-refractivity contribution is 0.0215. The summed E-state index contributed by atoms with van der Waals surface area (Å²) in [6.45, 7) is 7.03. The van der Waals surface area contributed by atoms with Crippen molar-refractivity contribution in [3.8, 4) is 0 Å². The van der Waals surface area contributed by atoms with Crippen molar-refractivity contribution in [1.29, 1.82) is 0 Å². The van der Waals surface area contributed by atoms with E-state index in [0.717, 1.165) is 0 Å². The van der Waals surface area contributed by atoms with E-state index in [0.29, 0.717) is 29.3 Å². The van der Waals surface area contributed by atoms with Crippen LogP contribution in [-0.2, 0) is 7.05 Å². The summed E-state index contributed by atoms with van der Waals surface area (Å²) >= 11 is 1.99. The van der Waals surface area contributed by atoms with Gasteiger partial charge in [-0.1, -0.05) is 0 Å². The number of carbonyl (C=O) groups is 1. The van der Waals surface area contributed by atoms with Crippen LogP contribution in [0.15, 0.2) is 32.6 Å². The van der Waals surface area contributed by atoms with Crippen LogP contribution < -0.4 is 22.1 Å². The third-order valence-electron chi connectivity index (χ3n) is 7.72. The first-order valence-electron chi connectivity index (χ1n) is 12.9. The zero-order valence-corrected chi connectivity index (χ0v) is 24.6. The van der Waals surface area contributed by atoms with Gasteiger partial charge in [-0.3, -0.25) is 23.3 Å². The Hall–Kier alpha value is -3.16. The lowest BCUT2D eigenvalue weighted by atomic mass is 9.82. The van der Waals surface area contributed by atoms with Gasteiger partial charge in [0, 0.05) is 39.8 Å². The SMILES string of the molecule is Cc1c(=O)n(C)c(Nc2ccc(I)cc2F)c2c(=O)n(C3CC3)c(=O)n(C3CC(N(C(=O)O)C(C)(C)C)C3)c12. The zero-order valence-electron chi connectivity index (χ0n) is 22.4. The van der Waals surface area contributed by atoms with E-state index in [2.05, 4.69) is 5.32 Å². The molecule has 2 aliphatic carbocycles. The summed E-state index contributed by atoms with van der Waals surface area (Å²) < 4.78 is 19.5. The molecule has 5 rings (SSSR count). The third-order valence-corrected chi connectivity index (χ3v) is 8.39. The maximum atomic E-state index is 14.8. The molecule has 0 bridgehead atoms. The minimum Gasteiger partial charge on any atom is -0.465 e. The van der Waals surface area contributed by atoms with Crippen molar-refractivity contribution < 1.29 is 14.3 Å². The van der Waals surface area contributed by atoms with Crippen molar-refractivity contribution in [1.82, 2.24) is 18.6 Å². The first kappa shape index (κ1) is 27.4. The molecule has 0 radical (unpaired) electrons. The molecular weight excluding hydrogens is 620 g/mol. The van der Waals surface area contributed by atoms with Crippen molar-refractivity contribution in [3.05, 3.63) is 64.3 Å². The molecule has 0 atom stereocenters. The van der Waals surface area contributed by atoms with E-state index in [1.165, 1.54) is 37.8 Å². The quantitative estimate of drug-likeness (QED) is 0.393. The fourth-order valence-corrected chi connectivity index (χ4v) is 6.13. The summed E-state index contributed by atoms with van der Waals surface area (Å²) in [5, 5.41) is 12.9. The van der Waals surface area contributed by atoms with Crippen LogP contribution in [0.5, 0.6) is 0 Å². The summed E-state index contributed by atoms with van der Waals surface area (Å²) in [6, 6.07) is 3.60. The molecule has 2 N–H and O–H groups in total. The Morgan fingerprint density at radius 2 is 1.74 bits per heavy atom. The highest BCUT2D eigenvalue weighted by molar-refractivity contribution is 14.1. The number of pyridine rings is 1. The standard InChI is InChI=1S/C27H31FIN5O5/c1-13-21-20(22(31(5)23(13)35)30-19-9-6-14(29)10-18(19)28)24(36)33(15-7-8-15)25(37)32(21)16-11-17(12-16)34(26(38)39)27(2,3)4/h6,9-10,15-17,30H,7-8,11-12H2,1-5H3,(H,38,39). The summed E-state index contributed by atoms with van der Waals surface area (Å²) in [5.74, 6) is -0.441. The smallest absolute Gasteiger partial charge is 0.407 e. The third kappa shape index (κ3) is 4.55. The van der Waals surface area contributed by atoms with Crippen LogP contribution >= 0.6 is 22.6 Å². The molecule has 1 amide bonds. The van der Waals surface area contributed by atoms with Crippen molar-refractivity contribution in [2.24, 2.45) is 7.05 Å². The summed E-state index contributed by atoms with van der Waals surface area (Å²) in [6.07, 6.45) is 1.06. The number of nitrogens with zero attached hydrogens (tertiary/aromatic N) is 4. The molecule has 2 fully saturated rings. The molecule has 0 unspecified atom stereocenters. The van der Waals surface area contributed by atoms with Crippen molar-refractivity contribution in [2.75, 3.05) is 5.32 Å². The number of aryl methyl sites for hydroxylation is 1. The molecule has 3 aromatic rings.